The van der Waals surface area contributed by atoms with Crippen LogP contribution in [-0.4, -0.2) is 41.0 Å². The van der Waals surface area contributed by atoms with E-state index in [-0.39, 0.29) is 40.2 Å². The number of hydrogen-bond donors (Lipinski definition) is 3. The number of H-pyrrole nitrogens is 2. The second-order valence-electron chi connectivity index (χ2n) is 9.13. The van der Waals surface area contributed by atoms with Gasteiger partial charge in [0.25, 0.3) is 0 Å². The number of benzene rings is 1. The van der Waals surface area contributed by atoms with E-state index in [2.05, 4.69) is 40.4 Å². The Labute approximate surface area is 213 Å². The van der Waals surface area contributed by atoms with Gasteiger partial charge in [-0.15, -0.1) is 0 Å². The number of aromatic nitrogens is 7. The summed E-state index contributed by atoms with van der Waals surface area (Å²) in [6.45, 7) is 0. The molecule has 3 N–H and O–H groups in total. The van der Waals surface area contributed by atoms with Crippen molar-refractivity contribution in [3.05, 3.63) is 72.8 Å². The third-order valence-electron chi connectivity index (χ3n) is 6.55. The molecule has 38 heavy (non-hydrogen) atoms. The average Bonchev–Trinajstić information content (AvgIpc) is 3.54. The molecule has 0 bridgehead atoms. The lowest BCUT2D eigenvalue weighted by atomic mass is 10.1. The maximum atomic E-state index is 16.0. The van der Waals surface area contributed by atoms with E-state index in [9.17, 15) is 9.18 Å². The fraction of sp³-hybridized carbons (Fsp3) is 0.111. The first-order valence-corrected chi connectivity index (χ1v) is 12.0. The van der Waals surface area contributed by atoms with E-state index in [1.54, 1.807) is 36.5 Å². The number of amides is 1. The summed E-state index contributed by atoms with van der Waals surface area (Å²) in [5, 5.41) is 10.1. The van der Waals surface area contributed by atoms with Crippen molar-refractivity contribution >= 4 is 33.7 Å². The second kappa shape index (κ2) is 8.51. The van der Waals surface area contributed by atoms with E-state index in [4.69, 9.17) is 0 Å². The van der Waals surface area contributed by atoms with E-state index in [0.29, 0.717) is 39.1 Å². The van der Waals surface area contributed by atoms with Gasteiger partial charge >= 0.3 is 0 Å². The van der Waals surface area contributed by atoms with Crippen LogP contribution in [-0.2, 0) is 4.79 Å². The first kappa shape index (κ1) is 22.2. The number of carbonyl (C=O) groups is 1. The molecule has 186 valence electrons. The van der Waals surface area contributed by atoms with Gasteiger partial charge in [0.2, 0.25) is 5.91 Å². The Bertz CT molecular complexity index is 1870. The fourth-order valence-electron chi connectivity index (χ4n) is 4.50. The number of aromatic amines is 2. The summed E-state index contributed by atoms with van der Waals surface area (Å²) in [5.41, 5.74) is 3.33. The summed E-state index contributed by atoms with van der Waals surface area (Å²) in [7, 11) is 0. The van der Waals surface area contributed by atoms with Crippen LogP contribution in [0.4, 0.5) is 14.5 Å². The normalized spacial score (nSPS) is 13.3. The minimum Gasteiger partial charge on any atom is -0.335 e. The second-order valence-corrected chi connectivity index (χ2v) is 9.13. The van der Waals surface area contributed by atoms with Crippen molar-refractivity contribution in [2.24, 2.45) is 5.92 Å². The molecule has 1 fully saturated rings. The van der Waals surface area contributed by atoms with Crippen LogP contribution in [0.1, 0.15) is 12.8 Å². The zero-order valence-electron chi connectivity index (χ0n) is 19.7. The van der Waals surface area contributed by atoms with Gasteiger partial charge in [-0.25, -0.2) is 18.7 Å². The predicted octanol–water partition coefficient (Wildman–Crippen LogP) is 5.25. The van der Waals surface area contributed by atoms with Crippen LogP contribution in [0, 0.1) is 17.6 Å². The Morgan fingerprint density at radius 1 is 1.00 bits per heavy atom. The predicted molar refractivity (Wildman–Crippen MR) is 137 cm³/mol. The van der Waals surface area contributed by atoms with Crippen LogP contribution in [0.3, 0.4) is 0 Å². The molecule has 1 aromatic carbocycles. The summed E-state index contributed by atoms with van der Waals surface area (Å²) < 4.78 is 30.5. The van der Waals surface area contributed by atoms with E-state index in [0.717, 1.165) is 12.8 Å². The highest BCUT2D eigenvalue weighted by Gasteiger charge is 2.29. The molecule has 5 aromatic heterocycles. The third-order valence-corrected chi connectivity index (χ3v) is 6.55. The smallest absolute Gasteiger partial charge is 0.227 e. The van der Waals surface area contributed by atoms with Crippen LogP contribution >= 0.6 is 0 Å². The van der Waals surface area contributed by atoms with Crippen molar-refractivity contribution in [1.29, 1.82) is 0 Å². The lowest BCUT2D eigenvalue weighted by Gasteiger charge is -2.07. The molecule has 0 unspecified atom stereocenters. The van der Waals surface area contributed by atoms with Gasteiger partial charge in [-0.05, 0) is 31.0 Å². The Balaban J connectivity index is 1.33. The Kier molecular flexibility index (Phi) is 4.96. The molecule has 1 aliphatic carbocycles. The number of carbonyl (C=O) groups excluding carboxylic acids is 1. The highest BCUT2D eigenvalue weighted by molar-refractivity contribution is 5.98. The molecule has 0 atom stereocenters. The molecule has 1 saturated carbocycles. The minimum absolute atomic E-state index is 0.0237. The molecule has 5 heterocycles. The van der Waals surface area contributed by atoms with Gasteiger partial charge in [-0.3, -0.25) is 19.9 Å². The largest absolute Gasteiger partial charge is 0.335 e. The van der Waals surface area contributed by atoms with Crippen molar-refractivity contribution < 1.29 is 13.6 Å². The molecule has 1 amide bonds. The number of imidazole rings is 1. The van der Waals surface area contributed by atoms with Gasteiger partial charge in [0.1, 0.15) is 17.2 Å². The molecule has 0 aliphatic heterocycles. The molecular formula is C27H18F2N8O. The molecule has 11 heteroatoms. The number of hydrogen-bond acceptors (Lipinski definition) is 6. The summed E-state index contributed by atoms with van der Waals surface area (Å²) in [5.74, 6) is -0.787. The number of fused-ring (bicyclic) bond motifs is 2. The van der Waals surface area contributed by atoms with Crippen LogP contribution < -0.4 is 5.32 Å². The quantitative estimate of drug-likeness (QED) is 0.292. The topological polar surface area (TPSA) is 125 Å². The van der Waals surface area contributed by atoms with E-state index in [1.807, 2.05) is 0 Å². The van der Waals surface area contributed by atoms with Gasteiger partial charge in [-0.1, -0.05) is 18.2 Å². The fourth-order valence-corrected chi connectivity index (χ4v) is 4.50. The summed E-state index contributed by atoms with van der Waals surface area (Å²) in [6, 6.07) is 9.74. The number of pyridine rings is 3. The minimum atomic E-state index is -0.624. The summed E-state index contributed by atoms with van der Waals surface area (Å²) in [4.78, 5) is 32.5. The van der Waals surface area contributed by atoms with E-state index < -0.39 is 5.82 Å². The lowest BCUT2D eigenvalue weighted by Crippen LogP contribution is -2.13. The van der Waals surface area contributed by atoms with E-state index >= 15 is 4.39 Å². The number of rotatable bonds is 5. The average molecular weight is 508 g/mol. The molecule has 1 aliphatic rings. The standard InChI is InChI=1S/C27H18F2N8O/c28-18-4-2-1-3-16(18)17-7-8-31-25-23(17)34-26(35-25)24-20-19(36-37-24)12-32-22(21(20)29)14-9-15(11-30-10-14)33-27(38)13-5-6-13/h1-4,7-13H,5-6H2,(H,33,38)(H,36,37)(H,31,34,35). The van der Waals surface area contributed by atoms with Crippen molar-refractivity contribution in [2.45, 2.75) is 12.8 Å². The van der Waals surface area contributed by atoms with Crippen LogP contribution in [0.5, 0.6) is 0 Å². The summed E-state index contributed by atoms with van der Waals surface area (Å²) in [6.07, 6.45) is 7.75. The van der Waals surface area contributed by atoms with Crippen molar-refractivity contribution in [3.63, 3.8) is 0 Å². The Morgan fingerprint density at radius 2 is 1.87 bits per heavy atom. The van der Waals surface area contributed by atoms with Crippen LogP contribution in [0.25, 0.3) is 56.0 Å². The maximum Gasteiger partial charge on any atom is 0.227 e. The molecule has 0 saturated heterocycles. The SMILES string of the molecule is O=C(Nc1cncc(-c2ncc3[nH]nc(-c4nc5nccc(-c6ccccc6F)c5[nH]4)c3c2F)c1)C1CC1. The van der Waals surface area contributed by atoms with E-state index in [1.165, 1.54) is 24.7 Å². The number of halogens is 2. The van der Waals surface area contributed by atoms with Gasteiger partial charge in [0.05, 0.1) is 34.5 Å². The Hall–Kier alpha value is -5.06. The molecule has 7 rings (SSSR count). The van der Waals surface area contributed by atoms with Crippen LogP contribution in [0.15, 0.2) is 61.2 Å². The maximum absolute atomic E-state index is 16.0. The lowest BCUT2D eigenvalue weighted by molar-refractivity contribution is -0.117. The molecule has 0 radical (unpaired) electrons. The molecule has 0 spiro atoms. The van der Waals surface area contributed by atoms with Crippen molar-refractivity contribution in [3.8, 4) is 33.9 Å². The number of anilines is 1. The van der Waals surface area contributed by atoms with Crippen molar-refractivity contribution in [1.82, 2.24) is 35.1 Å². The monoisotopic (exact) mass is 508 g/mol. The Morgan fingerprint density at radius 3 is 2.71 bits per heavy atom. The zero-order chi connectivity index (χ0) is 25.8. The van der Waals surface area contributed by atoms with Crippen molar-refractivity contribution in [2.75, 3.05) is 5.32 Å². The van der Waals surface area contributed by atoms with Gasteiger partial charge in [0, 0.05) is 35.0 Å². The molecular weight excluding hydrogens is 490 g/mol. The number of nitrogens with zero attached hydrogens (tertiary/aromatic N) is 5. The summed E-state index contributed by atoms with van der Waals surface area (Å²) >= 11 is 0. The zero-order valence-corrected chi connectivity index (χ0v) is 19.7. The van der Waals surface area contributed by atoms with Gasteiger partial charge in [0.15, 0.2) is 17.3 Å². The van der Waals surface area contributed by atoms with Gasteiger partial charge < -0.3 is 10.3 Å². The van der Waals surface area contributed by atoms with Crippen LogP contribution in [0.2, 0.25) is 0 Å². The highest BCUT2D eigenvalue weighted by atomic mass is 19.1. The first-order valence-electron chi connectivity index (χ1n) is 12.0. The van der Waals surface area contributed by atoms with Gasteiger partial charge in [-0.2, -0.15) is 5.10 Å². The number of nitrogens with one attached hydrogen (secondary N) is 3. The molecule has 9 nitrogen and oxygen atoms in total. The molecule has 6 aromatic rings. The third kappa shape index (κ3) is 3.67. The first-order chi connectivity index (χ1) is 18.6. The highest BCUT2D eigenvalue weighted by Crippen LogP contribution is 2.35.